The van der Waals surface area contributed by atoms with E-state index in [4.69, 9.17) is 0 Å². The number of nitrogens with one attached hydrogen (secondary N) is 1. The van der Waals surface area contributed by atoms with Crippen LogP contribution in [-0.4, -0.2) is 16.0 Å². The van der Waals surface area contributed by atoms with Crippen LogP contribution in [0.2, 0.25) is 0 Å². The predicted octanol–water partition coefficient (Wildman–Crippen LogP) is 3.39. The molecule has 4 heteroatoms. The normalized spacial score (nSPS) is 27.8. The van der Waals surface area contributed by atoms with Crippen LogP contribution in [0, 0.1) is 0 Å². The van der Waals surface area contributed by atoms with Gasteiger partial charge in [-0.05, 0) is 46.9 Å². The summed E-state index contributed by atoms with van der Waals surface area (Å²) in [5.74, 6) is 0. The fourth-order valence-electron chi connectivity index (χ4n) is 2.27. The van der Waals surface area contributed by atoms with Crippen molar-refractivity contribution in [3.05, 3.63) is 28.2 Å². The zero-order valence-corrected chi connectivity index (χ0v) is 12.6. The van der Waals surface area contributed by atoms with E-state index in [2.05, 4.69) is 41.2 Å². The van der Waals surface area contributed by atoms with Crippen molar-refractivity contribution in [2.75, 3.05) is 6.54 Å². The van der Waals surface area contributed by atoms with Gasteiger partial charge in [-0.25, -0.2) is 0 Å². The number of rotatable bonds is 3. The summed E-state index contributed by atoms with van der Waals surface area (Å²) in [6.45, 7) is 5.24. The minimum Gasteiger partial charge on any atom is -0.310 e. The van der Waals surface area contributed by atoms with E-state index in [9.17, 15) is 4.21 Å². The highest BCUT2D eigenvalue weighted by atomic mass is 79.9. The maximum Gasteiger partial charge on any atom is 0.0580 e. The Labute approximate surface area is 114 Å². The van der Waals surface area contributed by atoms with Crippen molar-refractivity contribution in [3.8, 4) is 0 Å². The lowest BCUT2D eigenvalue weighted by molar-refractivity contribution is 0.477. The molecule has 3 unspecified atom stereocenters. The van der Waals surface area contributed by atoms with Crippen LogP contribution in [0.15, 0.2) is 27.6 Å². The lowest BCUT2D eigenvalue weighted by atomic mass is 10.0. The summed E-state index contributed by atoms with van der Waals surface area (Å²) in [5, 5.41) is 3.77. The Kier molecular flexibility index (Phi) is 4.39. The minimum atomic E-state index is -0.885. The van der Waals surface area contributed by atoms with Gasteiger partial charge < -0.3 is 5.32 Å². The highest BCUT2D eigenvalue weighted by molar-refractivity contribution is 9.10. The molecule has 1 aromatic rings. The molecule has 0 radical (unpaired) electrons. The first-order valence-electron chi connectivity index (χ1n) is 6.07. The summed E-state index contributed by atoms with van der Waals surface area (Å²) in [7, 11) is -0.885. The summed E-state index contributed by atoms with van der Waals surface area (Å²) in [6, 6.07) is 6.44. The van der Waals surface area contributed by atoms with E-state index in [-0.39, 0.29) is 5.25 Å². The Balaban J connectivity index is 2.39. The first-order chi connectivity index (χ1) is 8.15. The van der Waals surface area contributed by atoms with Crippen LogP contribution in [0.1, 0.15) is 38.3 Å². The second-order valence-corrected chi connectivity index (χ2v) is 7.17. The molecular weight excluding hydrogens is 298 g/mol. The fraction of sp³-hybridized carbons (Fsp3) is 0.538. The van der Waals surface area contributed by atoms with Gasteiger partial charge in [-0.15, -0.1) is 0 Å². The van der Waals surface area contributed by atoms with Crippen molar-refractivity contribution in [2.24, 2.45) is 0 Å². The Morgan fingerprint density at radius 3 is 3.00 bits per heavy atom. The van der Waals surface area contributed by atoms with Crippen LogP contribution in [0.3, 0.4) is 0 Å². The van der Waals surface area contributed by atoms with Gasteiger partial charge in [-0.3, -0.25) is 4.21 Å². The first kappa shape index (κ1) is 13.2. The van der Waals surface area contributed by atoms with Gasteiger partial charge >= 0.3 is 0 Å². The molecule has 94 valence electrons. The monoisotopic (exact) mass is 315 g/mol. The Morgan fingerprint density at radius 1 is 1.53 bits per heavy atom. The minimum absolute atomic E-state index is 0.218. The maximum atomic E-state index is 12.3. The molecule has 1 aliphatic heterocycles. The zero-order valence-electron chi connectivity index (χ0n) is 10.2. The molecule has 17 heavy (non-hydrogen) atoms. The van der Waals surface area contributed by atoms with E-state index >= 15 is 0 Å². The SMILES string of the molecule is CCCNC1CC(C)S(=O)c2c(Br)cccc21. The Bertz CT molecular complexity index is 435. The third-order valence-corrected chi connectivity index (χ3v) is 5.85. The van der Waals surface area contributed by atoms with Gasteiger partial charge in [0.25, 0.3) is 0 Å². The molecule has 2 rings (SSSR count). The number of benzene rings is 1. The molecule has 1 heterocycles. The third-order valence-electron chi connectivity index (χ3n) is 3.15. The second-order valence-electron chi connectivity index (χ2n) is 4.51. The lowest BCUT2D eigenvalue weighted by Crippen LogP contribution is -2.32. The topological polar surface area (TPSA) is 29.1 Å². The van der Waals surface area contributed by atoms with E-state index in [1.54, 1.807) is 0 Å². The zero-order chi connectivity index (χ0) is 12.4. The van der Waals surface area contributed by atoms with Gasteiger partial charge in [0.05, 0.1) is 15.7 Å². The smallest absolute Gasteiger partial charge is 0.0580 e. The van der Waals surface area contributed by atoms with Crippen molar-refractivity contribution in [2.45, 2.75) is 42.9 Å². The van der Waals surface area contributed by atoms with Crippen molar-refractivity contribution in [1.29, 1.82) is 0 Å². The number of halogens is 1. The average molecular weight is 316 g/mol. The van der Waals surface area contributed by atoms with E-state index in [1.165, 1.54) is 5.56 Å². The maximum absolute atomic E-state index is 12.3. The average Bonchev–Trinajstić information content (AvgIpc) is 2.32. The van der Waals surface area contributed by atoms with Crippen molar-refractivity contribution >= 4 is 26.7 Å². The molecule has 0 aromatic heterocycles. The van der Waals surface area contributed by atoms with Crippen molar-refractivity contribution in [1.82, 2.24) is 5.32 Å². The molecule has 0 aliphatic carbocycles. The molecule has 0 saturated heterocycles. The predicted molar refractivity (Wildman–Crippen MR) is 75.7 cm³/mol. The molecule has 0 spiro atoms. The van der Waals surface area contributed by atoms with E-state index in [0.717, 1.165) is 28.8 Å². The standard InChI is InChI=1S/C13H18BrNOS/c1-3-7-15-12-8-9(2)17(16)13-10(12)5-4-6-11(13)14/h4-6,9,12,15H,3,7-8H2,1-2H3. The highest BCUT2D eigenvalue weighted by Gasteiger charge is 2.30. The number of fused-ring (bicyclic) bond motifs is 1. The Hall–Kier alpha value is -0.190. The molecular formula is C13H18BrNOS. The molecule has 0 saturated carbocycles. The van der Waals surface area contributed by atoms with Gasteiger partial charge in [0.15, 0.2) is 0 Å². The van der Waals surface area contributed by atoms with Gasteiger partial charge in [0.1, 0.15) is 0 Å². The van der Waals surface area contributed by atoms with Crippen LogP contribution in [-0.2, 0) is 10.8 Å². The number of hydrogen-bond acceptors (Lipinski definition) is 2. The van der Waals surface area contributed by atoms with Crippen molar-refractivity contribution < 1.29 is 4.21 Å². The van der Waals surface area contributed by atoms with Gasteiger partial charge in [-0.1, -0.05) is 26.0 Å². The summed E-state index contributed by atoms with van der Waals surface area (Å²) in [4.78, 5) is 0.986. The van der Waals surface area contributed by atoms with Gasteiger partial charge in [0, 0.05) is 15.8 Å². The van der Waals surface area contributed by atoms with E-state index < -0.39 is 10.8 Å². The second kappa shape index (κ2) is 5.63. The van der Waals surface area contributed by atoms with Gasteiger partial charge in [-0.2, -0.15) is 0 Å². The summed E-state index contributed by atoms with van der Waals surface area (Å²) < 4.78 is 13.3. The van der Waals surface area contributed by atoms with Crippen LogP contribution in [0.25, 0.3) is 0 Å². The lowest BCUT2D eigenvalue weighted by Gasteiger charge is -2.30. The quantitative estimate of drug-likeness (QED) is 0.926. The molecule has 0 bridgehead atoms. The van der Waals surface area contributed by atoms with Gasteiger partial charge in [0.2, 0.25) is 0 Å². The molecule has 1 N–H and O–H groups in total. The first-order valence-corrected chi connectivity index (χ1v) is 8.08. The fourth-order valence-corrected chi connectivity index (χ4v) is 4.60. The van der Waals surface area contributed by atoms with Crippen LogP contribution in [0.4, 0.5) is 0 Å². The highest BCUT2D eigenvalue weighted by Crippen LogP contribution is 2.37. The van der Waals surface area contributed by atoms with Crippen LogP contribution in [0.5, 0.6) is 0 Å². The van der Waals surface area contributed by atoms with E-state index in [1.807, 2.05) is 12.1 Å². The largest absolute Gasteiger partial charge is 0.310 e. The number of hydrogen-bond donors (Lipinski definition) is 1. The summed E-state index contributed by atoms with van der Waals surface area (Å²) in [6.07, 6.45) is 2.08. The molecule has 0 amide bonds. The molecule has 0 fully saturated rings. The molecule has 1 aromatic carbocycles. The van der Waals surface area contributed by atoms with Crippen LogP contribution < -0.4 is 5.32 Å². The third kappa shape index (κ3) is 2.64. The summed E-state index contributed by atoms with van der Waals surface area (Å²) in [5.41, 5.74) is 1.20. The van der Waals surface area contributed by atoms with Crippen molar-refractivity contribution in [3.63, 3.8) is 0 Å². The van der Waals surface area contributed by atoms with Crippen LogP contribution >= 0.6 is 15.9 Å². The molecule has 2 nitrogen and oxygen atoms in total. The summed E-state index contributed by atoms with van der Waals surface area (Å²) >= 11 is 3.52. The molecule has 3 atom stereocenters. The Morgan fingerprint density at radius 2 is 2.29 bits per heavy atom. The van der Waals surface area contributed by atoms with E-state index in [0.29, 0.717) is 6.04 Å². The molecule has 1 aliphatic rings.